The summed E-state index contributed by atoms with van der Waals surface area (Å²) in [6, 6.07) is 12.1. The highest BCUT2D eigenvalue weighted by atomic mass is 35.5. The van der Waals surface area contributed by atoms with Crippen LogP contribution in [0.5, 0.6) is 0 Å². The first-order chi connectivity index (χ1) is 8.61. The molecule has 0 aliphatic carbocycles. The molecule has 0 aliphatic rings. The fourth-order valence-electron chi connectivity index (χ4n) is 1.93. The van der Waals surface area contributed by atoms with Crippen LogP contribution < -0.4 is 0 Å². The second-order valence-corrected chi connectivity index (χ2v) is 4.52. The number of nitriles is 1. The third-order valence-electron chi connectivity index (χ3n) is 2.79. The van der Waals surface area contributed by atoms with E-state index in [2.05, 4.69) is 6.07 Å². The molecule has 0 bridgehead atoms. The molecule has 18 heavy (non-hydrogen) atoms. The molecular formula is C15H11ClFN. The van der Waals surface area contributed by atoms with Gasteiger partial charge in [-0.3, -0.25) is 0 Å². The molecule has 1 nitrogen and oxygen atoms in total. The smallest absolute Gasteiger partial charge is 0.123 e. The summed E-state index contributed by atoms with van der Waals surface area (Å²) >= 11 is 6.08. The first-order valence-corrected chi connectivity index (χ1v) is 5.91. The van der Waals surface area contributed by atoms with Gasteiger partial charge in [0.25, 0.3) is 0 Å². The van der Waals surface area contributed by atoms with Crippen molar-refractivity contribution in [2.45, 2.75) is 13.3 Å². The molecule has 2 aromatic rings. The molecule has 0 heterocycles. The van der Waals surface area contributed by atoms with Crippen molar-refractivity contribution in [1.82, 2.24) is 0 Å². The fraction of sp³-hybridized carbons (Fsp3) is 0.133. The van der Waals surface area contributed by atoms with Crippen LogP contribution in [0, 0.1) is 24.1 Å². The van der Waals surface area contributed by atoms with E-state index in [1.165, 1.54) is 12.1 Å². The predicted octanol–water partition coefficient (Wildman–Crippen LogP) is 4.52. The lowest BCUT2D eigenvalue weighted by atomic mass is 9.97. The average molecular weight is 260 g/mol. The average Bonchev–Trinajstić information content (AvgIpc) is 2.33. The van der Waals surface area contributed by atoms with E-state index in [1.807, 2.05) is 25.1 Å². The number of benzene rings is 2. The van der Waals surface area contributed by atoms with Gasteiger partial charge < -0.3 is 0 Å². The summed E-state index contributed by atoms with van der Waals surface area (Å²) in [6.45, 7) is 1.93. The molecule has 0 fully saturated rings. The molecule has 0 N–H and O–H groups in total. The van der Waals surface area contributed by atoms with E-state index >= 15 is 0 Å². The van der Waals surface area contributed by atoms with E-state index in [0.717, 1.165) is 16.7 Å². The van der Waals surface area contributed by atoms with Gasteiger partial charge in [0.15, 0.2) is 0 Å². The van der Waals surface area contributed by atoms with E-state index in [4.69, 9.17) is 16.9 Å². The number of hydrogen-bond donors (Lipinski definition) is 0. The van der Waals surface area contributed by atoms with E-state index in [9.17, 15) is 4.39 Å². The van der Waals surface area contributed by atoms with Gasteiger partial charge in [-0.25, -0.2) is 4.39 Å². The quantitative estimate of drug-likeness (QED) is 0.778. The van der Waals surface area contributed by atoms with Crippen LogP contribution in [0.15, 0.2) is 36.4 Å². The summed E-state index contributed by atoms with van der Waals surface area (Å²) in [5, 5.41) is 9.18. The summed E-state index contributed by atoms with van der Waals surface area (Å²) in [7, 11) is 0. The Hall–Kier alpha value is -1.85. The molecule has 0 radical (unpaired) electrons. The van der Waals surface area contributed by atoms with Crippen LogP contribution in [-0.4, -0.2) is 0 Å². The zero-order valence-corrected chi connectivity index (χ0v) is 10.6. The molecule has 90 valence electrons. The maximum atomic E-state index is 13.3. The standard InChI is InChI=1S/C15H11ClFN/c1-10-8-11(6-7-18)2-4-13(10)14-9-12(17)3-5-15(14)16/h2-5,8-9H,6H2,1H3. The van der Waals surface area contributed by atoms with Gasteiger partial charge in [0, 0.05) is 10.6 Å². The molecule has 0 aromatic heterocycles. The van der Waals surface area contributed by atoms with Crippen molar-refractivity contribution in [3.63, 3.8) is 0 Å². The summed E-state index contributed by atoms with van der Waals surface area (Å²) in [6.07, 6.45) is 0.373. The topological polar surface area (TPSA) is 23.8 Å². The van der Waals surface area contributed by atoms with Crippen LogP contribution in [0.3, 0.4) is 0 Å². The number of aryl methyl sites for hydroxylation is 1. The van der Waals surface area contributed by atoms with Crippen molar-refractivity contribution in [1.29, 1.82) is 5.26 Å². The Balaban J connectivity index is 2.51. The fourth-order valence-corrected chi connectivity index (χ4v) is 2.15. The lowest BCUT2D eigenvalue weighted by Gasteiger charge is -2.09. The highest BCUT2D eigenvalue weighted by Gasteiger charge is 2.08. The van der Waals surface area contributed by atoms with Gasteiger partial charge in [-0.05, 0) is 41.8 Å². The Morgan fingerprint density at radius 3 is 2.61 bits per heavy atom. The molecule has 0 saturated heterocycles. The van der Waals surface area contributed by atoms with Crippen LogP contribution in [0.25, 0.3) is 11.1 Å². The van der Waals surface area contributed by atoms with Crippen LogP contribution >= 0.6 is 11.6 Å². The predicted molar refractivity (Wildman–Crippen MR) is 70.9 cm³/mol. The van der Waals surface area contributed by atoms with Crippen molar-refractivity contribution < 1.29 is 4.39 Å². The minimum Gasteiger partial charge on any atom is -0.207 e. The zero-order valence-electron chi connectivity index (χ0n) is 9.87. The molecule has 0 atom stereocenters. The zero-order chi connectivity index (χ0) is 13.1. The molecule has 2 rings (SSSR count). The summed E-state index contributed by atoms with van der Waals surface area (Å²) < 4.78 is 13.3. The SMILES string of the molecule is Cc1cc(CC#N)ccc1-c1cc(F)ccc1Cl. The van der Waals surface area contributed by atoms with Gasteiger partial charge >= 0.3 is 0 Å². The van der Waals surface area contributed by atoms with Gasteiger partial charge in [-0.2, -0.15) is 5.26 Å². The minimum absolute atomic E-state index is 0.310. The summed E-state index contributed by atoms with van der Waals surface area (Å²) in [5.41, 5.74) is 3.50. The van der Waals surface area contributed by atoms with E-state index < -0.39 is 0 Å². The summed E-state index contributed by atoms with van der Waals surface area (Å²) in [4.78, 5) is 0. The van der Waals surface area contributed by atoms with Gasteiger partial charge in [0.1, 0.15) is 5.82 Å². The van der Waals surface area contributed by atoms with E-state index in [-0.39, 0.29) is 5.82 Å². The second-order valence-electron chi connectivity index (χ2n) is 4.11. The molecule has 0 amide bonds. The Labute approximate surface area is 110 Å². The van der Waals surface area contributed by atoms with Crippen LogP contribution in [0.1, 0.15) is 11.1 Å². The van der Waals surface area contributed by atoms with Crippen LogP contribution in [0.2, 0.25) is 5.02 Å². The van der Waals surface area contributed by atoms with Crippen LogP contribution in [-0.2, 0) is 6.42 Å². The molecule has 0 spiro atoms. The third-order valence-corrected chi connectivity index (χ3v) is 3.12. The largest absolute Gasteiger partial charge is 0.207 e. The highest BCUT2D eigenvalue weighted by molar-refractivity contribution is 6.33. The Morgan fingerprint density at radius 1 is 1.17 bits per heavy atom. The van der Waals surface area contributed by atoms with Crippen molar-refractivity contribution in [2.75, 3.05) is 0 Å². The van der Waals surface area contributed by atoms with Gasteiger partial charge in [-0.15, -0.1) is 0 Å². The lowest BCUT2D eigenvalue weighted by Crippen LogP contribution is -1.89. The van der Waals surface area contributed by atoms with E-state index in [1.54, 1.807) is 6.07 Å². The van der Waals surface area contributed by atoms with Crippen molar-refractivity contribution in [2.24, 2.45) is 0 Å². The van der Waals surface area contributed by atoms with Gasteiger partial charge in [-0.1, -0.05) is 29.8 Å². The molecule has 2 aromatic carbocycles. The summed E-state index contributed by atoms with van der Waals surface area (Å²) in [5.74, 6) is -0.310. The normalized spacial score (nSPS) is 10.1. The molecule has 0 unspecified atom stereocenters. The Morgan fingerprint density at radius 2 is 1.94 bits per heavy atom. The second kappa shape index (κ2) is 5.20. The Bertz CT molecular complexity index is 629. The maximum absolute atomic E-state index is 13.3. The van der Waals surface area contributed by atoms with E-state index in [0.29, 0.717) is 17.0 Å². The van der Waals surface area contributed by atoms with Gasteiger partial charge in [0.2, 0.25) is 0 Å². The Kier molecular flexibility index (Phi) is 3.64. The molecular weight excluding hydrogens is 249 g/mol. The third kappa shape index (κ3) is 2.52. The number of halogens is 2. The monoisotopic (exact) mass is 259 g/mol. The number of nitrogens with zero attached hydrogens (tertiary/aromatic N) is 1. The number of hydrogen-bond acceptors (Lipinski definition) is 1. The van der Waals surface area contributed by atoms with Crippen molar-refractivity contribution >= 4 is 11.6 Å². The van der Waals surface area contributed by atoms with Crippen molar-refractivity contribution in [3.8, 4) is 17.2 Å². The maximum Gasteiger partial charge on any atom is 0.123 e. The van der Waals surface area contributed by atoms with Crippen molar-refractivity contribution in [3.05, 3.63) is 58.4 Å². The molecule has 0 saturated carbocycles. The lowest BCUT2D eigenvalue weighted by molar-refractivity contribution is 0.628. The minimum atomic E-state index is -0.310. The van der Waals surface area contributed by atoms with Gasteiger partial charge in [0.05, 0.1) is 12.5 Å². The van der Waals surface area contributed by atoms with Crippen LogP contribution in [0.4, 0.5) is 4.39 Å². The highest BCUT2D eigenvalue weighted by Crippen LogP contribution is 2.31. The first-order valence-electron chi connectivity index (χ1n) is 5.53. The molecule has 3 heteroatoms. The first kappa shape index (κ1) is 12.6. The molecule has 0 aliphatic heterocycles. The number of rotatable bonds is 2.